The normalized spacial score (nSPS) is 30.9. The Bertz CT molecular complexity index is 301. The second kappa shape index (κ2) is 3.94. The van der Waals surface area contributed by atoms with Crippen LogP contribution in [0.25, 0.3) is 0 Å². The molecular weight excluding hydrogens is 216 g/mol. The lowest BCUT2D eigenvalue weighted by Crippen LogP contribution is -2.51. The topological polar surface area (TPSA) is 24.4 Å². The molecule has 16 heavy (non-hydrogen) atoms. The lowest BCUT2D eigenvalue weighted by Gasteiger charge is -2.41. The van der Waals surface area contributed by atoms with E-state index in [0.717, 1.165) is 6.54 Å². The summed E-state index contributed by atoms with van der Waals surface area (Å²) >= 11 is 1.97. The quantitative estimate of drug-likeness (QED) is 0.759. The van der Waals surface area contributed by atoms with Gasteiger partial charge < -0.3 is 5.32 Å². The van der Waals surface area contributed by atoms with Crippen molar-refractivity contribution in [2.24, 2.45) is 10.4 Å². The minimum atomic E-state index is 0.367. The van der Waals surface area contributed by atoms with Crippen LogP contribution in [0.1, 0.15) is 51.9 Å². The third kappa shape index (κ3) is 1.99. The highest BCUT2D eigenvalue weighted by molar-refractivity contribution is 8.13. The molecule has 2 nitrogen and oxygen atoms in total. The zero-order chi connectivity index (χ0) is 11.1. The number of aliphatic imine (C=N–C) groups is 1. The Morgan fingerprint density at radius 2 is 1.88 bits per heavy atom. The van der Waals surface area contributed by atoms with Gasteiger partial charge in [-0.25, -0.2) is 0 Å². The molecule has 0 radical (unpaired) electrons. The molecule has 3 aliphatic rings. The molecule has 0 unspecified atom stereocenters. The Hall–Kier alpha value is -0.180. The van der Waals surface area contributed by atoms with Crippen molar-refractivity contribution in [1.29, 1.82) is 0 Å². The van der Waals surface area contributed by atoms with E-state index in [2.05, 4.69) is 12.2 Å². The molecule has 0 aromatic heterocycles. The first-order chi connectivity index (χ1) is 7.70. The van der Waals surface area contributed by atoms with E-state index in [1.807, 2.05) is 11.8 Å². The molecule has 0 bridgehead atoms. The molecule has 3 heteroatoms. The van der Waals surface area contributed by atoms with Gasteiger partial charge in [0.1, 0.15) is 0 Å². The van der Waals surface area contributed by atoms with Crippen LogP contribution in [0.15, 0.2) is 4.99 Å². The van der Waals surface area contributed by atoms with Crippen LogP contribution in [0.2, 0.25) is 0 Å². The summed E-state index contributed by atoms with van der Waals surface area (Å²) in [6.07, 6.45) is 9.69. The number of rotatable bonds is 1. The molecule has 0 aromatic rings. The van der Waals surface area contributed by atoms with E-state index in [9.17, 15) is 0 Å². The molecule has 90 valence electrons. The molecule has 1 aliphatic heterocycles. The lowest BCUT2D eigenvalue weighted by atomic mass is 9.79. The zero-order valence-corrected chi connectivity index (χ0v) is 11.0. The van der Waals surface area contributed by atoms with Gasteiger partial charge >= 0.3 is 0 Å². The summed E-state index contributed by atoms with van der Waals surface area (Å²) < 4.78 is 0. The van der Waals surface area contributed by atoms with Gasteiger partial charge in [0, 0.05) is 17.8 Å². The molecule has 2 saturated carbocycles. The van der Waals surface area contributed by atoms with Gasteiger partial charge in [-0.2, -0.15) is 0 Å². The summed E-state index contributed by atoms with van der Waals surface area (Å²) in [5, 5.41) is 4.87. The van der Waals surface area contributed by atoms with Crippen molar-refractivity contribution in [3.8, 4) is 0 Å². The van der Waals surface area contributed by atoms with Crippen molar-refractivity contribution in [2.45, 2.75) is 57.4 Å². The SMILES string of the molecule is CC1(NC2=NCC3(CCCC3)CS2)CCC1. The Balaban J connectivity index is 1.60. The fourth-order valence-electron chi connectivity index (χ4n) is 3.15. The highest BCUT2D eigenvalue weighted by Gasteiger charge is 2.38. The molecule has 1 heterocycles. The van der Waals surface area contributed by atoms with E-state index < -0.39 is 0 Å². The Labute approximate surface area is 103 Å². The average molecular weight is 238 g/mol. The average Bonchev–Trinajstić information content (AvgIpc) is 2.69. The van der Waals surface area contributed by atoms with Gasteiger partial charge in [-0.05, 0) is 44.4 Å². The predicted octanol–water partition coefficient (Wildman–Crippen LogP) is 3.18. The van der Waals surface area contributed by atoms with Crippen LogP contribution >= 0.6 is 11.8 Å². The second-order valence-electron chi connectivity index (χ2n) is 6.16. The molecule has 0 aromatic carbocycles. The molecule has 1 spiro atoms. The van der Waals surface area contributed by atoms with Gasteiger partial charge in [-0.1, -0.05) is 24.6 Å². The van der Waals surface area contributed by atoms with E-state index in [1.165, 1.54) is 55.9 Å². The molecular formula is C13H22N2S. The predicted molar refractivity (Wildman–Crippen MR) is 71.1 cm³/mol. The number of hydrogen-bond donors (Lipinski definition) is 1. The third-order valence-corrected chi connectivity index (χ3v) is 5.86. The molecule has 0 atom stereocenters. The van der Waals surface area contributed by atoms with Crippen LogP contribution in [0, 0.1) is 5.41 Å². The summed E-state index contributed by atoms with van der Waals surface area (Å²) in [5.74, 6) is 1.30. The van der Waals surface area contributed by atoms with Crippen molar-refractivity contribution in [2.75, 3.05) is 12.3 Å². The van der Waals surface area contributed by atoms with E-state index >= 15 is 0 Å². The second-order valence-corrected chi connectivity index (χ2v) is 7.12. The number of thioether (sulfide) groups is 1. The van der Waals surface area contributed by atoms with Crippen molar-refractivity contribution < 1.29 is 0 Å². The number of hydrogen-bond acceptors (Lipinski definition) is 3. The van der Waals surface area contributed by atoms with Gasteiger partial charge in [-0.15, -0.1) is 0 Å². The van der Waals surface area contributed by atoms with Crippen molar-refractivity contribution >= 4 is 16.9 Å². The maximum absolute atomic E-state index is 4.80. The Kier molecular flexibility index (Phi) is 2.69. The molecule has 0 saturated heterocycles. The van der Waals surface area contributed by atoms with Crippen molar-refractivity contribution in [1.82, 2.24) is 5.32 Å². The third-order valence-electron chi connectivity index (χ3n) is 4.60. The van der Waals surface area contributed by atoms with Crippen LogP contribution < -0.4 is 5.32 Å². The van der Waals surface area contributed by atoms with Crippen molar-refractivity contribution in [3.05, 3.63) is 0 Å². The summed E-state index contributed by atoms with van der Waals surface area (Å²) in [4.78, 5) is 4.80. The Morgan fingerprint density at radius 1 is 1.12 bits per heavy atom. The van der Waals surface area contributed by atoms with Crippen LogP contribution in [-0.2, 0) is 0 Å². The fourth-order valence-corrected chi connectivity index (χ4v) is 4.44. The van der Waals surface area contributed by atoms with E-state index in [4.69, 9.17) is 4.99 Å². The van der Waals surface area contributed by atoms with Gasteiger partial charge in [0.05, 0.1) is 0 Å². The van der Waals surface area contributed by atoms with Gasteiger partial charge in [0.15, 0.2) is 5.17 Å². The Morgan fingerprint density at radius 3 is 2.38 bits per heavy atom. The number of nitrogens with zero attached hydrogens (tertiary/aromatic N) is 1. The fraction of sp³-hybridized carbons (Fsp3) is 0.923. The van der Waals surface area contributed by atoms with Crippen LogP contribution in [0.3, 0.4) is 0 Å². The van der Waals surface area contributed by atoms with Crippen LogP contribution in [0.4, 0.5) is 0 Å². The molecule has 2 aliphatic carbocycles. The molecule has 0 amide bonds. The lowest BCUT2D eigenvalue weighted by molar-refractivity contribution is 0.244. The largest absolute Gasteiger partial charge is 0.360 e. The van der Waals surface area contributed by atoms with Gasteiger partial charge in [0.2, 0.25) is 0 Å². The monoisotopic (exact) mass is 238 g/mol. The highest BCUT2D eigenvalue weighted by Crippen LogP contribution is 2.43. The minimum Gasteiger partial charge on any atom is -0.360 e. The molecule has 3 rings (SSSR count). The first kappa shape index (κ1) is 10.9. The first-order valence-electron chi connectivity index (χ1n) is 6.65. The number of nitrogens with one attached hydrogen (secondary N) is 1. The molecule has 1 N–H and O–H groups in total. The molecule has 2 fully saturated rings. The smallest absolute Gasteiger partial charge is 0.157 e. The van der Waals surface area contributed by atoms with Gasteiger partial charge in [0.25, 0.3) is 0 Å². The van der Waals surface area contributed by atoms with Gasteiger partial charge in [-0.3, -0.25) is 4.99 Å². The zero-order valence-electron chi connectivity index (χ0n) is 10.2. The van der Waals surface area contributed by atoms with E-state index in [0.29, 0.717) is 11.0 Å². The van der Waals surface area contributed by atoms with Crippen LogP contribution in [0.5, 0.6) is 0 Å². The summed E-state index contributed by atoms with van der Waals surface area (Å²) in [5.41, 5.74) is 0.947. The van der Waals surface area contributed by atoms with Crippen LogP contribution in [-0.4, -0.2) is 23.0 Å². The summed E-state index contributed by atoms with van der Waals surface area (Å²) in [7, 11) is 0. The maximum Gasteiger partial charge on any atom is 0.157 e. The van der Waals surface area contributed by atoms with Crippen molar-refractivity contribution in [3.63, 3.8) is 0 Å². The standard InChI is InChI=1S/C13H22N2S/c1-12(5-4-6-12)15-11-14-9-13(10-16-11)7-2-3-8-13/h2-10H2,1H3,(H,14,15). The summed E-state index contributed by atoms with van der Waals surface area (Å²) in [6, 6.07) is 0. The maximum atomic E-state index is 4.80. The highest BCUT2D eigenvalue weighted by atomic mass is 32.2. The number of amidine groups is 1. The summed E-state index contributed by atoms with van der Waals surface area (Å²) in [6.45, 7) is 3.41. The minimum absolute atomic E-state index is 0.367. The van der Waals surface area contributed by atoms with E-state index in [1.54, 1.807) is 0 Å². The van der Waals surface area contributed by atoms with E-state index in [-0.39, 0.29) is 0 Å². The first-order valence-corrected chi connectivity index (χ1v) is 7.64.